The molecule has 0 atom stereocenters. The van der Waals surface area contributed by atoms with Crippen molar-refractivity contribution < 1.29 is 18.8 Å². The molecule has 2 heterocycles. The highest BCUT2D eigenvalue weighted by Crippen LogP contribution is 2.07. The number of nitrogens with zero attached hydrogens (tertiary/aromatic N) is 3. The van der Waals surface area contributed by atoms with Crippen LogP contribution in [0.4, 0.5) is 5.82 Å². The zero-order chi connectivity index (χ0) is 17.4. The van der Waals surface area contributed by atoms with Crippen LogP contribution in [0, 0.1) is 6.92 Å². The van der Waals surface area contributed by atoms with Gasteiger partial charge in [-0.25, -0.2) is 0 Å². The molecule has 1 fully saturated rings. The smallest absolute Gasteiger partial charge is 0.239 e. The number of aromatic nitrogens is 1. The number of rotatable bonds is 8. The Bertz CT molecular complexity index is 540. The van der Waals surface area contributed by atoms with Crippen molar-refractivity contribution in [3.05, 3.63) is 11.8 Å². The van der Waals surface area contributed by atoms with E-state index in [-0.39, 0.29) is 18.4 Å². The number of aryl methyl sites for hydroxylation is 1. The predicted molar refractivity (Wildman–Crippen MR) is 87.6 cm³/mol. The van der Waals surface area contributed by atoms with Crippen molar-refractivity contribution in [1.82, 2.24) is 20.3 Å². The lowest BCUT2D eigenvalue weighted by Crippen LogP contribution is -2.52. The highest BCUT2D eigenvalue weighted by Gasteiger charge is 2.22. The maximum absolute atomic E-state index is 12.0. The Morgan fingerprint density at radius 3 is 2.71 bits per heavy atom. The van der Waals surface area contributed by atoms with E-state index in [0.717, 1.165) is 0 Å². The van der Waals surface area contributed by atoms with Gasteiger partial charge in [0.05, 0.1) is 19.7 Å². The summed E-state index contributed by atoms with van der Waals surface area (Å²) < 4.78 is 9.83. The van der Waals surface area contributed by atoms with Crippen LogP contribution < -0.4 is 10.6 Å². The summed E-state index contributed by atoms with van der Waals surface area (Å²) >= 11 is 0. The number of methoxy groups -OCH3 is 1. The second-order valence-corrected chi connectivity index (χ2v) is 5.70. The summed E-state index contributed by atoms with van der Waals surface area (Å²) in [7, 11) is 1.63. The van der Waals surface area contributed by atoms with E-state index in [1.807, 2.05) is 9.80 Å². The molecule has 0 aliphatic carbocycles. The van der Waals surface area contributed by atoms with E-state index in [1.54, 1.807) is 20.1 Å². The van der Waals surface area contributed by atoms with Gasteiger partial charge in [-0.3, -0.25) is 14.5 Å². The van der Waals surface area contributed by atoms with Crippen LogP contribution in [0.15, 0.2) is 10.6 Å². The minimum atomic E-state index is -0.135. The van der Waals surface area contributed by atoms with E-state index < -0.39 is 0 Å². The van der Waals surface area contributed by atoms with E-state index in [4.69, 9.17) is 9.26 Å². The molecule has 0 unspecified atom stereocenters. The minimum absolute atomic E-state index is 0.0771. The minimum Gasteiger partial charge on any atom is -0.383 e. The number of ether oxygens (including phenoxy) is 1. The maximum atomic E-state index is 12.0. The first-order valence-corrected chi connectivity index (χ1v) is 8.01. The summed E-state index contributed by atoms with van der Waals surface area (Å²) in [5.74, 6) is 1.02. The van der Waals surface area contributed by atoms with Gasteiger partial charge in [0.15, 0.2) is 5.82 Å². The highest BCUT2D eigenvalue weighted by atomic mass is 16.5. The summed E-state index contributed by atoms with van der Waals surface area (Å²) in [6.07, 6.45) is 0. The Hall–Kier alpha value is -1.97. The van der Waals surface area contributed by atoms with Crippen LogP contribution >= 0.6 is 0 Å². The third kappa shape index (κ3) is 5.91. The standard InChI is InChI=1S/C15H25N5O4/c1-12-9-13(18-24-12)17-14(21)11-19-4-6-20(7-5-19)15(22)10-16-3-8-23-2/h9,16H,3-8,10-11H2,1-2H3,(H,17,18,21). The van der Waals surface area contributed by atoms with Crippen LogP contribution in [-0.4, -0.2) is 86.3 Å². The Morgan fingerprint density at radius 2 is 2.08 bits per heavy atom. The number of anilines is 1. The first-order chi connectivity index (χ1) is 11.6. The zero-order valence-electron chi connectivity index (χ0n) is 14.2. The summed E-state index contributed by atoms with van der Waals surface area (Å²) in [6.45, 7) is 6.20. The third-order valence-electron chi connectivity index (χ3n) is 3.75. The van der Waals surface area contributed by atoms with Crippen molar-refractivity contribution in [1.29, 1.82) is 0 Å². The lowest BCUT2D eigenvalue weighted by atomic mass is 10.3. The van der Waals surface area contributed by atoms with E-state index in [1.165, 1.54) is 0 Å². The first-order valence-electron chi connectivity index (χ1n) is 8.01. The van der Waals surface area contributed by atoms with Crippen molar-refractivity contribution >= 4 is 17.6 Å². The largest absolute Gasteiger partial charge is 0.383 e. The lowest BCUT2D eigenvalue weighted by molar-refractivity contribution is -0.132. The second kappa shape index (κ2) is 9.36. The Kier molecular flexibility index (Phi) is 7.16. The van der Waals surface area contributed by atoms with Crippen molar-refractivity contribution in [3.63, 3.8) is 0 Å². The van der Waals surface area contributed by atoms with Gasteiger partial charge in [-0.15, -0.1) is 0 Å². The number of amides is 2. The molecule has 2 amide bonds. The number of hydrogen-bond acceptors (Lipinski definition) is 7. The summed E-state index contributed by atoms with van der Waals surface area (Å²) in [5.41, 5.74) is 0. The van der Waals surface area contributed by atoms with Crippen LogP contribution in [0.5, 0.6) is 0 Å². The van der Waals surface area contributed by atoms with E-state index >= 15 is 0 Å². The van der Waals surface area contributed by atoms with Crippen molar-refractivity contribution in [3.8, 4) is 0 Å². The molecule has 2 rings (SSSR count). The van der Waals surface area contributed by atoms with Gasteiger partial charge in [0, 0.05) is 45.9 Å². The van der Waals surface area contributed by atoms with Crippen LogP contribution in [0.1, 0.15) is 5.76 Å². The van der Waals surface area contributed by atoms with E-state index in [2.05, 4.69) is 15.8 Å². The van der Waals surface area contributed by atoms with Gasteiger partial charge in [0.2, 0.25) is 11.8 Å². The molecule has 0 spiro atoms. The molecule has 0 bridgehead atoms. The van der Waals surface area contributed by atoms with Gasteiger partial charge < -0.3 is 24.8 Å². The molecule has 0 radical (unpaired) electrons. The first kappa shape index (κ1) is 18.4. The van der Waals surface area contributed by atoms with Gasteiger partial charge in [-0.2, -0.15) is 0 Å². The molecule has 1 aliphatic rings. The number of nitrogens with one attached hydrogen (secondary N) is 2. The van der Waals surface area contributed by atoms with E-state index in [9.17, 15) is 9.59 Å². The average molecular weight is 339 g/mol. The average Bonchev–Trinajstić information content (AvgIpc) is 2.97. The number of carbonyl (C=O) groups is 2. The monoisotopic (exact) mass is 339 g/mol. The van der Waals surface area contributed by atoms with Crippen molar-refractivity contribution in [2.45, 2.75) is 6.92 Å². The normalized spacial score (nSPS) is 15.5. The number of piperazine rings is 1. The SMILES string of the molecule is COCCNCC(=O)N1CCN(CC(=O)Nc2cc(C)on2)CC1. The molecule has 1 aromatic rings. The molecular weight excluding hydrogens is 314 g/mol. The van der Waals surface area contributed by atoms with Gasteiger partial charge in [0.25, 0.3) is 0 Å². The molecule has 0 aromatic carbocycles. The third-order valence-corrected chi connectivity index (χ3v) is 3.75. The Balaban J connectivity index is 1.65. The van der Waals surface area contributed by atoms with Gasteiger partial charge >= 0.3 is 0 Å². The maximum Gasteiger partial charge on any atom is 0.239 e. The molecule has 1 aromatic heterocycles. The predicted octanol–water partition coefficient (Wildman–Crippen LogP) is -0.698. The fourth-order valence-corrected chi connectivity index (χ4v) is 2.45. The van der Waals surface area contributed by atoms with Crippen LogP contribution in [0.2, 0.25) is 0 Å². The molecule has 9 nitrogen and oxygen atoms in total. The lowest BCUT2D eigenvalue weighted by Gasteiger charge is -2.34. The van der Waals surface area contributed by atoms with Gasteiger partial charge in [0.1, 0.15) is 5.76 Å². The Labute approximate surface area is 141 Å². The number of carbonyl (C=O) groups excluding carboxylic acids is 2. The van der Waals surface area contributed by atoms with Gasteiger partial charge in [-0.05, 0) is 6.92 Å². The molecule has 1 aliphatic heterocycles. The molecule has 2 N–H and O–H groups in total. The van der Waals surface area contributed by atoms with Crippen LogP contribution in [0.3, 0.4) is 0 Å². The summed E-state index contributed by atoms with van der Waals surface area (Å²) in [5, 5.41) is 9.47. The summed E-state index contributed by atoms with van der Waals surface area (Å²) in [6, 6.07) is 1.67. The molecule has 0 saturated carbocycles. The summed E-state index contributed by atoms with van der Waals surface area (Å²) in [4.78, 5) is 27.8. The van der Waals surface area contributed by atoms with E-state index in [0.29, 0.717) is 57.5 Å². The zero-order valence-corrected chi connectivity index (χ0v) is 14.2. The number of hydrogen-bond donors (Lipinski definition) is 2. The quantitative estimate of drug-likeness (QED) is 0.604. The van der Waals surface area contributed by atoms with Crippen LogP contribution in [-0.2, 0) is 14.3 Å². The molecule has 24 heavy (non-hydrogen) atoms. The second-order valence-electron chi connectivity index (χ2n) is 5.70. The molecule has 9 heteroatoms. The van der Waals surface area contributed by atoms with Crippen molar-refractivity contribution in [2.75, 3.05) is 64.8 Å². The fraction of sp³-hybridized carbons (Fsp3) is 0.667. The Morgan fingerprint density at radius 1 is 1.33 bits per heavy atom. The fourth-order valence-electron chi connectivity index (χ4n) is 2.45. The van der Waals surface area contributed by atoms with Crippen LogP contribution in [0.25, 0.3) is 0 Å². The van der Waals surface area contributed by atoms with Gasteiger partial charge in [-0.1, -0.05) is 5.16 Å². The molecular formula is C15H25N5O4. The molecule has 1 saturated heterocycles. The van der Waals surface area contributed by atoms with Crippen molar-refractivity contribution in [2.24, 2.45) is 0 Å². The topological polar surface area (TPSA) is 99.9 Å². The highest BCUT2D eigenvalue weighted by molar-refractivity contribution is 5.91. The molecule has 134 valence electrons.